The molecule has 102 valence electrons. The number of aryl methyl sites for hydroxylation is 3. The van der Waals surface area contributed by atoms with E-state index in [0.29, 0.717) is 4.88 Å². The molecule has 1 amide bonds. The smallest absolute Gasteiger partial charge is 0.265 e. The molecule has 0 fully saturated rings. The highest BCUT2D eigenvalue weighted by Gasteiger charge is 2.15. The van der Waals surface area contributed by atoms with E-state index in [1.165, 1.54) is 11.3 Å². The molecule has 20 heavy (non-hydrogen) atoms. The van der Waals surface area contributed by atoms with Gasteiger partial charge in [-0.25, -0.2) is 0 Å². The number of para-hydroxylation sites is 1. The lowest BCUT2D eigenvalue weighted by Crippen LogP contribution is -2.11. The molecule has 3 rings (SSSR count). The average molecular weight is 285 g/mol. The van der Waals surface area contributed by atoms with Gasteiger partial charge in [0.1, 0.15) is 4.83 Å². The second-order valence-electron chi connectivity index (χ2n) is 4.81. The number of thiophene rings is 1. The third-order valence-corrected chi connectivity index (χ3v) is 4.51. The number of nitrogens with one attached hydrogen (secondary N) is 1. The molecule has 4 nitrogen and oxygen atoms in total. The van der Waals surface area contributed by atoms with Gasteiger partial charge in [-0.15, -0.1) is 11.3 Å². The van der Waals surface area contributed by atoms with Gasteiger partial charge in [0, 0.05) is 18.1 Å². The van der Waals surface area contributed by atoms with Crippen molar-refractivity contribution in [2.45, 2.75) is 13.8 Å². The quantitative estimate of drug-likeness (QED) is 0.783. The molecule has 0 saturated carbocycles. The van der Waals surface area contributed by atoms with Crippen molar-refractivity contribution in [3.8, 4) is 0 Å². The maximum atomic E-state index is 12.3. The number of nitrogens with zero attached hydrogens (tertiary/aromatic N) is 2. The number of carbonyl (C=O) groups is 1. The Morgan fingerprint density at radius 3 is 2.75 bits per heavy atom. The molecular formula is C15H15N3OS. The first-order valence-corrected chi connectivity index (χ1v) is 7.18. The summed E-state index contributed by atoms with van der Waals surface area (Å²) >= 11 is 1.47. The fourth-order valence-corrected chi connectivity index (χ4v) is 3.23. The lowest BCUT2D eigenvalue weighted by molar-refractivity contribution is 0.103. The maximum absolute atomic E-state index is 12.3. The van der Waals surface area contributed by atoms with E-state index in [0.717, 1.165) is 27.2 Å². The molecular weight excluding hydrogens is 270 g/mol. The fourth-order valence-electron chi connectivity index (χ4n) is 2.21. The van der Waals surface area contributed by atoms with E-state index in [2.05, 4.69) is 10.4 Å². The van der Waals surface area contributed by atoms with E-state index in [1.54, 1.807) is 0 Å². The van der Waals surface area contributed by atoms with E-state index in [4.69, 9.17) is 0 Å². The van der Waals surface area contributed by atoms with Gasteiger partial charge in [-0.05, 0) is 31.5 Å². The van der Waals surface area contributed by atoms with Crippen molar-refractivity contribution in [1.82, 2.24) is 9.78 Å². The maximum Gasteiger partial charge on any atom is 0.265 e. The van der Waals surface area contributed by atoms with Crippen molar-refractivity contribution < 1.29 is 4.79 Å². The van der Waals surface area contributed by atoms with Crippen LogP contribution in [-0.4, -0.2) is 15.7 Å². The first-order chi connectivity index (χ1) is 9.56. The largest absolute Gasteiger partial charge is 0.321 e. The van der Waals surface area contributed by atoms with Crippen LogP contribution in [0.3, 0.4) is 0 Å². The number of rotatable bonds is 2. The number of anilines is 1. The minimum Gasteiger partial charge on any atom is -0.321 e. The number of aromatic nitrogens is 2. The van der Waals surface area contributed by atoms with Gasteiger partial charge >= 0.3 is 0 Å². The molecule has 1 N–H and O–H groups in total. The van der Waals surface area contributed by atoms with Crippen LogP contribution in [-0.2, 0) is 7.05 Å². The Morgan fingerprint density at radius 1 is 1.30 bits per heavy atom. The normalized spacial score (nSPS) is 10.9. The summed E-state index contributed by atoms with van der Waals surface area (Å²) in [5.74, 6) is -0.0695. The minimum absolute atomic E-state index is 0.0695. The Bertz CT molecular complexity index is 766. The molecule has 0 bridgehead atoms. The lowest BCUT2D eigenvalue weighted by Gasteiger charge is -2.06. The number of carbonyl (C=O) groups excluding carboxylic acids is 1. The van der Waals surface area contributed by atoms with Gasteiger partial charge in [0.25, 0.3) is 5.91 Å². The summed E-state index contributed by atoms with van der Waals surface area (Å²) in [6.07, 6.45) is 0. The summed E-state index contributed by atoms with van der Waals surface area (Å²) in [7, 11) is 1.90. The molecule has 5 heteroatoms. The van der Waals surface area contributed by atoms with Crippen molar-refractivity contribution >= 4 is 33.1 Å². The van der Waals surface area contributed by atoms with Gasteiger partial charge in [-0.2, -0.15) is 5.10 Å². The summed E-state index contributed by atoms with van der Waals surface area (Å²) in [5.41, 5.74) is 2.86. The summed E-state index contributed by atoms with van der Waals surface area (Å²) in [6, 6.07) is 9.68. The lowest BCUT2D eigenvalue weighted by atomic mass is 10.2. The van der Waals surface area contributed by atoms with Crippen LogP contribution in [0.25, 0.3) is 10.2 Å². The van der Waals surface area contributed by atoms with Crippen LogP contribution in [0.4, 0.5) is 5.69 Å². The predicted molar refractivity (Wildman–Crippen MR) is 82.5 cm³/mol. The van der Waals surface area contributed by atoms with Crippen molar-refractivity contribution in [2.24, 2.45) is 7.05 Å². The highest BCUT2D eigenvalue weighted by Crippen LogP contribution is 2.28. The van der Waals surface area contributed by atoms with Gasteiger partial charge in [-0.1, -0.05) is 18.2 Å². The summed E-state index contributed by atoms with van der Waals surface area (Å²) in [4.78, 5) is 14.1. The SMILES string of the molecule is Cc1ccccc1NC(=O)c1cc2c(C)nn(C)c2s1. The van der Waals surface area contributed by atoms with E-state index >= 15 is 0 Å². The van der Waals surface area contributed by atoms with Crippen molar-refractivity contribution in [1.29, 1.82) is 0 Å². The number of fused-ring (bicyclic) bond motifs is 1. The van der Waals surface area contributed by atoms with E-state index in [9.17, 15) is 4.79 Å². The van der Waals surface area contributed by atoms with E-state index in [-0.39, 0.29) is 5.91 Å². The van der Waals surface area contributed by atoms with Gasteiger partial charge in [0.2, 0.25) is 0 Å². The standard InChI is InChI=1S/C15H15N3OS/c1-9-6-4-5-7-12(9)16-14(19)13-8-11-10(2)17-18(3)15(11)20-13/h4-8H,1-3H3,(H,16,19). The van der Waals surface area contributed by atoms with Crippen molar-refractivity contribution in [3.05, 3.63) is 46.5 Å². The molecule has 0 atom stereocenters. The van der Waals surface area contributed by atoms with Gasteiger partial charge in [-0.3, -0.25) is 9.48 Å². The molecule has 0 unspecified atom stereocenters. The van der Waals surface area contributed by atoms with Crippen LogP contribution >= 0.6 is 11.3 Å². The number of hydrogen-bond acceptors (Lipinski definition) is 3. The second-order valence-corrected chi connectivity index (χ2v) is 5.84. The molecule has 0 spiro atoms. The molecule has 3 aromatic rings. The average Bonchev–Trinajstić information content (AvgIpc) is 2.95. The minimum atomic E-state index is -0.0695. The molecule has 0 aliphatic heterocycles. The summed E-state index contributed by atoms with van der Waals surface area (Å²) in [5, 5.41) is 8.35. The van der Waals surface area contributed by atoms with Gasteiger partial charge in [0.05, 0.1) is 10.6 Å². The molecule has 0 saturated heterocycles. The third-order valence-electron chi connectivity index (χ3n) is 3.31. The van der Waals surface area contributed by atoms with Gasteiger partial charge in [0.15, 0.2) is 0 Å². The second kappa shape index (κ2) is 4.76. The Balaban J connectivity index is 1.93. The predicted octanol–water partition coefficient (Wildman–Crippen LogP) is 3.50. The number of amides is 1. The summed E-state index contributed by atoms with van der Waals surface area (Å²) in [6.45, 7) is 3.94. The zero-order chi connectivity index (χ0) is 14.3. The van der Waals surface area contributed by atoms with Crippen LogP contribution in [0.2, 0.25) is 0 Å². The molecule has 2 aromatic heterocycles. The highest BCUT2D eigenvalue weighted by molar-refractivity contribution is 7.20. The Kier molecular flexibility index (Phi) is 3.06. The molecule has 2 heterocycles. The van der Waals surface area contributed by atoms with Crippen LogP contribution in [0.1, 0.15) is 20.9 Å². The fraction of sp³-hybridized carbons (Fsp3) is 0.200. The summed E-state index contributed by atoms with van der Waals surface area (Å²) < 4.78 is 1.82. The van der Waals surface area contributed by atoms with Crippen LogP contribution < -0.4 is 5.32 Å². The zero-order valence-corrected chi connectivity index (χ0v) is 12.4. The van der Waals surface area contributed by atoms with Crippen LogP contribution in [0.5, 0.6) is 0 Å². The molecule has 0 aliphatic rings. The Hall–Kier alpha value is -2.14. The van der Waals surface area contributed by atoms with Crippen LogP contribution in [0.15, 0.2) is 30.3 Å². The van der Waals surface area contributed by atoms with Crippen molar-refractivity contribution in [2.75, 3.05) is 5.32 Å². The number of benzene rings is 1. The van der Waals surface area contributed by atoms with E-state index < -0.39 is 0 Å². The van der Waals surface area contributed by atoms with Crippen molar-refractivity contribution in [3.63, 3.8) is 0 Å². The zero-order valence-electron chi connectivity index (χ0n) is 11.6. The monoisotopic (exact) mass is 285 g/mol. The highest BCUT2D eigenvalue weighted by atomic mass is 32.1. The van der Waals surface area contributed by atoms with Crippen LogP contribution in [0, 0.1) is 13.8 Å². The Morgan fingerprint density at radius 2 is 2.05 bits per heavy atom. The third kappa shape index (κ3) is 2.10. The molecule has 0 aliphatic carbocycles. The first-order valence-electron chi connectivity index (χ1n) is 6.36. The molecule has 0 radical (unpaired) electrons. The first kappa shape index (κ1) is 12.9. The molecule has 1 aromatic carbocycles. The topological polar surface area (TPSA) is 46.9 Å². The Labute approximate surface area is 121 Å². The number of hydrogen-bond donors (Lipinski definition) is 1. The van der Waals surface area contributed by atoms with E-state index in [1.807, 2.05) is 55.9 Å². The van der Waals surface area contributed by atoms with Gasteiger partial charge < -0.3 is 5.32 Å².